The number of carbonyl (C=O) groups excluding carboxylic acids is 2. The van der Waals surface area contributed by atoms with Gasteiger partial charge in [-0.05, 0) is 46.1 Å². The largest absolute Gasteiger partial charge is 0.446 e. The summed E-state index contributed by atoms with van der Waals surface area (Å²) in [5, 5.41) is 12.6. The van der Waals surface area contributed by atoms with Gasteiger partial charge in [0.15, 0.2) is 5.82 Å². The van der Waals surface area contributed by atoms with Gasteiger partial charge in [0.2, 0.25) is 5.91 Å². The normalized spacial score (nSPS) is 25.0. The van der Waals surface area contributed by atoms with Gasteiger partial charge in [0.1, 0.15) is 6.10 Å². The summed E-state index contributed by atoms with van der Waals surface area (Å²) in [6.07, 6.45) is -0.0249. The number of aromatic amines is 1. The van der Waals surface area contributed by atoms with Crippen LogP contribution in [0.25, 0.3) is 0 Å². The Balaban J connectivity index is 1.46. The highest BCUT2D eigenvalue weighted by molar-refractivity contribution is 5.92. The molecule has 1 aromatic rings. The number of anilines is 1. The molecule has 0 radical (unpaired) electrons. The summed E-state index contributed by atoms with van der Waals surface area (Å²) in [5.41, 5.74) is 0.890. The Labute approximate surface area is 168 Å². The van der Waals surface area contributed by atoms with Crippen LogP contribution >= 0.6 is 0 Å². The maximum absolute atomic E-state index is 12.5. The molecule has 1 saturated carbocycles. The quantitative estimate of drug-likeness (QED) is 0.638. The van der Waals surface area contributed by atoms with E-state index in [1.165, 1.54) is 0 Å². The number of alkyl halides is 2. The first-order valence-corrected chi connectivity index (χ1v) is 10.1. The molecule has 3 N–H and O–H groups in total. The molecule has 1 aliphatic heterocycles. The zero-order chi connectivity index (χ0) is 21.0. The molecular weight excluding hydrogens is 384 g/mol. The number of nitrogens with zero attached hydrogens (tertiary/aromatic N) is 2. The van der Waals surface area contributed by atoms with Gasteiger partial charge in [0.05, 0.1) is 12.5 Å². The topological polar surface area (TPSA) is 99.3 Å². The highest BCUT2D eigenvalue weighted by Gasteiger charge is 2.32. The monoisotopic (exact) mass is 413 g/mol. The maximum atomic E-state index is 12.5. The van der Waals surface area contributed by atoms with Gasteiger partial charge in [0.25, 0.3) is 6.43 Å². The Morgan fingerprint density at radius 3 is 2.86 bits per heavy atom. The fourth-order valence-electron chi connectivity index (χ4n) is 4.00. The van der Waals surface area contributed by atoms with Crippen LogP contribution in [0.2, 0.25) is 0 Å². The van der Waals surface area contributed by atoms with Crippen LogP contribution in [-0.4, -0.2) is 65.3 Å². The number of ether oxygens (including phenoxy) is 1. The van der Waals surface area contributed by atoms with Crippen LogP contribution in [0.5, 0.6) is 0 Å². The smallest absolute Gasteiger partial charge is 0.407 e. The molecule has 8 nitrogen and oxygen atoms in total. The number of hydrogen-bond acceptors (Lipinski definition) is 5. The second-order valence-electron chi connectivity index (χ2n) is 8.17. The third-order valence-corrected chi connectivity index (χ3v) is 5.39. The first-order valence-electron chi connectivity index (χ1n) is 10.1. The van der Waals surface area contributed by atoms with Crippen LogP contribution in [0.1, 0.15) is 51.1 Å². The molecule has 162 valence electrons. The molecule has 0 bridgehead atoms. The van der Waals surface area contributed by atoms with E-state index < -0.39 is 12.5 Å². The third kappa shape index (κ3) is 6.12. The van der Waals surface area contributed by atoms with Crippen LogP contribution in [0.15, 0.2) is 6.07 Å². The van der Waals surface area contributed by atoms with E-state index in [0.29, 0.717) is 31.7 Å². The van der Waals surface area contributed by atoms with E-state index in [0.717, 1.165) is 18.5 Å². The van der Waals surface area contributed by atoms with Crippen molar-refractivity contribution < 1.29 is 23.1 Å². The van der Waals surface area contributed by atoms with Gasteiger partial charge in [0, 0.05) is 30.3 Å². The van der Waals surface area contributed by atoms with E-state index in [1.807, 2.05) is 13.8 Å². The van der Waals surface area contributed by atoms with Crippen LogP contribution in [0.4, 0.5) is 19.4 Å². The van der Waals surface area contributed by atoms with E-state index >= 15 is 0 Å². The standard InChI is InChI=1S/C19H29F2N5O3/c1-11(2)22-19(28)29-14-4-3-12(7-14)15-8-17(25-24-15)23-18(27)13-5-6-26(9-13)10-16(20)21/h8,11-14,16H,3-7,9-10H2,1-2H3,(H,22,28)(H2,23,24,25,27)/t12-,13-,14+/m0/s1. The zero-order valence-electron chi connectivity index (χ0n) is 16.8. The highest BCUT2D eigenvalue weighted by atomic mass is 19.3. The Hall–Kier alpha value is -2.23. The molecule has 3 rings (SSSR count). The maximum Gasteiger partial charge on any atom is 0.407 e. The number of hydrogen-bond donors (Lipinski definition) is 3. The molecule has 29 heavy (non-hydrogen) atoms. The number of rotatable bonds is 7. The van der Waals surface area contributed by atoms with Crippen LogP contribution in [0.3, 0.4) is 0 Å². The number of carbonyl (C=O) groups is 2. The summed E-state index contributed by atoms with van der Waals surface area (Å²) in [5.74, 6) is 0.104. The number of amides is 2. The fourth-order valence-corrected chi connectivity index (χ4v) is 4.00. The van der Waals surface area contributed by atoms with Crippen molar-refractivity contribution in [3.05, 3.63) is 11.8 Å². The van der Waals surface area contributed by atoms with Gasteiger partial charge in [-0.1, -0.05) is 0 Å². The van der Waals surface area contributed by atoms with Gasteiger partial charge in [-0.3, -0.25) is 14.8 Å². The fraction of sp³-hybridized carbons (Fsp3) is 0.737. The van der Waals surface area contributed by atoms with Crippen molar-refractivity contribution in [3.8, 4) is 0 Å². The molecule has 10 heteroatoms. The molecule has 2 amide bonds. The summed E-state index contributed by atoms with van der Waals surface area (Å²) in [6, 6.07) is 1.83. The number of likely N-dealkylation sites (tertiary alicyclic amines) is 1. The van der Waals surface area contributed by atoms with E-state index in [-0.39, 0.29) is 36.4 Å². The van der Waals surface area contributed by atoms with Gasteiger partial charge >= 0.3 is 6.09 Å². The first kappa shape index (κ1) is 21.5. The average Bonchev–Trinajstić information content (AvgIpc) is 3.34. The van der Waals surface area contributed by atoms with E-state index in [9.17, 15) is 18.4 Å². The lowest BCUT2D eigenvalue weighted by atomic mass is 10.0. The molecule has 0 unspecified atom stereocenters. The minimum Gasteiger partial charge on any atom is -0.446 e. The van der Waals surface area contributed by atoms with Crippen molar-refractivity contribution in [2.75, 3.05) is 25.0 Å². The summed E-state index contributed by atoms with van der Waals surface area (Å²) in [7, 11) is 0. The van der Waals surface area contributed by atoms with Crippen molar-refractivity contribution >= 4 is 17.8 Å². The molecule has 2 heterocycles. The van der Waals surface area contributed by atoms with Gasteiger partial charge in [-0.15, -0.1) is 0 Å². The summed E-state index contributed by atoms with van der Waals surface area (Å²) in [6.45, 7) is 4.30. The van der Waals surface area contributed by atoms with Crippen molar-refractivity contribution in [1.82, 2.24) is 20.4 Å². The van der Waals surface area contributed by atoms with Crippen LogP contribution in [0, 0.1) is 5.92 Å². The predicted molar refractivity (Wildman–Crippen MR) is 103 cm³/mol. The highest BCUT2D eigenvalue weighted by Crippen LogP contribution is 2.36. The molecule has 2 aliphatic rings. The summed E-state index contributed by atoms with van der Waals surface area (Å²) < 4.78 is 30.4. The third-order valence-electron chi connectivity index (χ3n) is 5.39. The Morgan fingerprint density at radius 2 is 2.14 bits per heavy atom. The average molecular weight is 413 g/mol. The Bertz CT molecular complexity index is 712. The van der Waals surface area contributed by atoms with Crippen LogP contribution in [-0.2, 0) is 9.53 Å². The molecule has 0 aromatic carbocycles. The number of halogens is 2. The molecular formula is C19H29F2N5O3. The number of alkyl carbamates (subject to hydrolysis) is 1. The Morgan fingerprint density at radius 1 is 1.34 bits per heavy atom. The van der Waals surface area contributed by atoms with E-state index in [2.05, 4.69) is 20.8 Å². The summed E-state index contributed by atoms with van der Waals surface area (Å²) in [4.78, 5) is 25.7. The van der Waals surface area contributed by atoms with Gasteiger partial charge in [-0.2, -0.15) is 5.10 Å². The SMILES string of the molecule is CC(C)NC(=O)O[C@@H]1CC[C@H](c2cc(NC(=O)[C@H]3CCN(CC(F)F)C3)n[nH]2)C1. The first-order chi connectivity index (χ1) is 13.8. The number of H-pyrrole nitrogens is 1. The molecule has 1 saturated heterocycles. The van der Waals surface area contributed by atoms with Crippen molar-refractivity contribution in [2.24, 2.45) is 5.92 Å². The molecule has 1 aliphatic carbocycles. The zero-order valence-corrected chi connectivity index (χ0v) is 16.8. The minimum absolute atomic E-state index is 0.0285. The molecule has 2 fully saturated rings. The van der Waals surface area contributed by atoms with Crippen LogP contribution < -0.4 is 10.6 Å². The number of nitrogens with one attached hydrogen (secondary N) is 3. The molecule has 0 spiro atoms. The van der Waals surface area contributed by atoms with Crippen molar-refractivity contribution in [2.45, 2.75) is 64.0 Å². The molecule has 1 aromatic heterocycles. The summed E-state index contributed by atoms with van der Waals surface area (Å²) >= 11 is 0. The van der Waals surface area contributed by atoms with Gasteiger partial charge in [-0.25, -0.2) is 13.6 Å². The second-order valence-corrected chi connectivity index (χ2v) is 8.17. The second kappa shape index (κ2) is 9.51. The minimum atomic E-state index is -2.39. The lowest BCUT2D eigenvalue weighted by Gasteiger charge is -2.14. The molecule has 3 atom stereocenters. The lowest BCUT2D eigenvalue weighted by Crippen LogP contribution is -2.33. The Kier molecular flexibility index (Phi) is 7.05. The lowest BCUT2D eigenvalue weighted by molar-refractivity contribution is -0.119. The van der Waals surface area contributed by atoms with Crippen molar-refractivity contribution in [1.29, 1.82) is 0 Å². The predicted octanol–water partition coefficient (Wildman–Crippen LogP) is 2.71. The number of aromatic nitrogens is 2. The van der Waals surface area contributed by atoms with Crippen molar-refractivity contribution in [3.63, 3.8) is 0 Å². The van der Waals surface area contributed by atoms with E-state index in [4.69, 9.17) is 4.74 Å². The van der Waals surface area contributed by atoms with E-state index in [1.54, 1.807) is 11.0 Å². The van der Waals surface area contributed by atoms with Gasteiger partial charge < -0.3 is 15.4 Å².